The molecular formula is C24H27FN6O2. The monoisotopic (exact) mass is 450 g/mol. The van der Waals surface area contributed by atoms with E-state index in [1.807, 2.05) is 19.1 Å². The first kappa shape index (κ1) is 21.5. The van der Waals surface area contributed by atoms with Gasteiger partial charge in [0, 0.05) is 38.8 Å². The Bertz CT molecular complexity index is 1260. The summed E-state index contributed by atoms with van der Waals surface area (Å²) in [6.45, 7) is 4.11. The maximum absolute atomic E-state index is 14.8. The van der Waals surface area contributed by atoms with E-state index < -0.39 is 5.82 Å². The van der Waals surface area contributed by atoms with E-state index in [0.29, 0.717) is 42.0 Å². The number of halogens is 1. The van der Waals surface area contributed by atoms with Crippen molar-refractivity contribution in [3.63, 3.8) is 0 Å². The van der Waals surface area contributed by atoms with Gasteiger partial charge in [0.2, 0.25) is 0 Å². The summed E-state index contributed by atoms with van der Waals surface area (Å²) >= 11 is 0. The minimum absolute atomic E-state index is 0.196. The highest BCUT2D eigenvalue weighted by Crippen LogP contribution is 2.37. The molecule has 1 saturated heterocycles. The van der Waals surface area contributed by atoms with E-state index in [-0.39, 0.29) is 17.0 Å². The zero-order valence-corrected chi connectivity index (χ0v) is 18.8. The standard InChI is InChI=1S/C24H27FN6O2/c1-3-17-24(33)29-19-11-14(10-16(25)22(19)28-17)13-30-8-9-31(21-7-6-20(21)30)15-4-5-18(27-12-15)23(32)26-2/h4-5,10-12,20-21H,3,6-9,13H2,1-2H3,(H,26,32)(H,29,33)/t20-,21+/m1/s1. The van der Waals surface area contributed by atoms with Gasteiger partial charge in [0.1, 0.15) is 16.9 Å². The van der Waals surface area contributed by atoms with Crippen LogP contribution < -0.4 is 15.8 Å². The first-order chi connectivity index (χ1) is 16.0. The number of nitrogens with one attached hydrogen (secondary N) is 2. The van der Waals surface area contributed by atoms with E-state index in [2.05, 4.69) is 30.1 Å². The van der Waals surface area contributed by atoms with Crippen LogP contribution in [-0.2, 0) is 13.0 Å². The summed E-state index contributed by atoms with van der Waals surface area (Å²) in [6, 6.07) is 7.82. The SMILES string of the molecule is CCc1nc2c(F)cc(CN3CCN(c4ccc(C(=O)NC)nc4)[C@H]4CC[C@H]43)cc2[nH]c1=O. The van der Waals surface area contributed by atoms with Gasteiger partial charge in [0.25, 0.3) is 11.5 Å². The van der Waals surface area contributed by atoms with Gasteiger partial charge in [0.05, 0.1) is 17.4 Å². The molecule has 1 aliphatic carbocycles. The molecule has 2 aliphatic rings. The van der Waals surface area contributed by atoms with Gasteiger partial charge >= 0.3 is 0 Å². The maximum Gasteiger partial charge on any atom is 0.270 e. The lowest BCUT2D eigenvalue weighted by Crippen LogP contribution is -2.64. The Hall–Kier alpha value is -3.33. The highest BCUT2D eigenvalue weighted by atomic mass is 19.1. The highest BCUT2D eigenvalue weighted by Gasteiger charge is 2.43. The zero-order chi connectivity index (χ0) is 23.1. The third kappa shape index (κ3) is 3.86. The Morgan fingerprint density at radius 3 is 2.73 bits per heavy atom. The normalized spacial score (nSPS) is 20.4. The number of hydrogen-bond donors (Lipinski definition) is 2. The number of H-pyrrole nitrogens is 1. The summed E-state index contributed by atoms with van der Waals surface area (Å²) in [5.74, 6) is -0.600. The van der Waals surface area contributed by atoms with Crippen molar-refractivity contribution in [1.29, 1.82) is 0 Å². The molecule has 33 heavy (non-hydrogen) atoms. The topological polar surface area (TPSA) is 94.2 Å². The number of pyridine rings is 1. The number of rotatable bonds is 5. The molecule has 2 aromatic heterocycles. The first-order valence-corrected chi connectivity index (χ1v) is 11.4. The van der Waals surface area contributed by atoms with Gasteiger partial charge in [-0.15, -0.1) is 0 Å². The Morgan fingerprint density at radius 2 is 2.06 bits per heavy atom. The third-order valence-corrected chi connectivity index (χ3v) is 6.84. The average molecular weight is 451 g/mol. The largest absolute Gasteiger partial charge is 0.364 e. The number of carbonyl (C=O) groups is 1. The summed E-state index contributed by atoms with van der Waals surface area (Å²) in [7, 11) is 1.59. The molecule has 3 aromatic rings. The molecule has 3 heterocycles. The van der Waals surface area contributed by atoms with E-state index in [0.717, 1.165) is 37.2 Å². The lowest BCUT2D eigenvalue weighted by molar-refractivity contribution is 0.0658. The van der Waals surface area contributed by atoms with E-state index in [1.165, 1.54) is 6.07 Å². The van der Waals surface area contributed by atoms with Gasteiger partial charge in [-0.25, -0.2) is 14.4 Å². The molecule has 0 radical (unpaired) electrons. The van der Waals surface area contributed by atoms with Gasteiger partial charge < -0.3 is 15.2 Å². The Kier molecular flexibility index (Phi) is 5.57. The van der Waals surface area contributed by atoms with Crippen LogP contribution in [0.25, 0.3) is 11.0 Å². The Morgan fingerprint density at radius 1 is 1.24 bits per heavy atom. The molecule has 172 valence electrons. The number of hydrogen-bond acceptors (Lipinski definition) is 6. The van der Waals surface area contributed by atoms with Crippen LogP contribution in [0.1, 0.15) is 41.5 Å². The van der Waals surface area contributed by atoms with E-state index >= 15 is 0 Å². The molecule has 5 rings (SSSR count). The predicted molar refractivity (Wildman–Crippen MR) is 124 cm³/mol. The molecule has 1 amide bonds. The summed E-state index contributed by atoms with van der Waals surface area (Å²) in [4.78, 5) is 40.0. The number of amides is 1. The van der Waals surface area contributed by atoms with E-state index in [1.54, 1.807) is 19.3 Å². The minimum Gasteiger partial charge on any atom is -0.364 e. The van der Waals surface area contributed by atoms with Crippen molar-refractivity contribution in [3.05, 3.63) is 63.6 Å². The second-order valence-corrected chi connectivity index (χ2v) is 8.70. The third-order valence-electron chi connectivity index (χ3n) is 6.84. The molecule has 2 atom stereocenters. The van der Waals surface area contributed by atoms with Gasteiger partial charge in [-0.2, -0.15) is 0 Å². The molecule has 1 saturated carbocycles. The second-order valence-electron chi connectivity index (χ2n) is 8.70. The van der Waals surface area contributed by atoms with Gasteiger partial charge in [-0.1, -0.05) is 6.92 Å². The summed E-state index contributed by atoms with van der Waals surface area (Å²) in [5.41, 5.74) is 3.00. The number of piperazine rings is 1. The Balaban J connectivity index is 1.33. The van der Waals surface area contributed by atoms with Crippen LogP contribution in [0.3, 0.4) is 0 Å². The molecule has 2 N–H and O–H groups in total. The smallest absolute Gasteiger partial charge is 0.270 e. The average Bonchev–Trinajstić information content (AvgIpc) is 2.79. The zero-order valence-electron chi connectivity index (χ0n) is 18.8. The number of aromatic nitrogens is 3. The number of anilines is 1. The maximum atomic E-state index is 14.8. The molecule has 1 aromatic carbocycles. The fraction of sp³-hybridized carbons (Fsp3) is 0.417. The van der Waals surface area contributed by atoms with Gasteiger partial charge in [0.15, 0.2) is 5.82 Å². The predicted octanol–water partition coefficient (Wildman–Crippen LogP) is 2.23. The lowest BCUT2D eigenvalue weighted by Gasteiger charge is -2.54. The fourth-order valence-electron chi connectivity index (χ4n) is 4.97. The number of fused-ring (bicyclic) bond motifs is 2. The number of aromatic amines is 1. The first-order valence-electron chi connectivity index (χ1n) is 11.4. The van der Waals surface area contributed by atoms with Crippen LogP contribution >= 0.6 is 0 Å². The molecular weight excluding hydrogens is 423 g/mol. The van der Waals surface area contributed by atoms with Crippen LogP contribution in [-0.4, -0.2) is 58.0 Å². The van der Waals surface area contributed by atoms with Gasteiger partial charge in [-0.3, -0.25) is 14.5 Å². The van der Waals surface area contributed by atoms with E-state index in [9.17, 15) is 14.0 Å². The highest BCUT2D eigenvalue weighted by molar-refractivity contribution is 5.92. The van der Waals surface area contributed by atoms with Crippen molar-refractivity contribution >= 4 is 22.6 Å². The molecule has 1 aliphatic heterocycles. The lowest BCUT2D eigenvalue weighted by atomic mass is 9.81. The number of nitrogens with zero attached hydrogens (tertiary/aromatic N) is 4. The molecule has 0 unspecified atom stereocenters. The van der Waals surface area contributed by atoms with Crippen molar-refractivity contribution in [2.24, 2.45) is 0 Å². The van der Waals surface area contributed by atoms with Crippen molar-refractivity contribution in [3.8, 4) is 0 Å². The molecule has 9 heteroatoms. The van der Waals surface area contributed by atoms with Crippen LogP contribution in [0, 0.1) is 5.82 Å². The fourth-order valence-corrected chi connectivity index (χ4v) is 4.97. The van der Waals surface area contributed by atoms with Gasteiger partial charge in [-0.05, 0) is 49.1 Å². The Labute approximate surface area is 190 Å². The molecule has 0 spiro atoms. The number of carbonyl (C=O) groups excluding carboxylic acids is 1. The molecule has 8 nitrogen and oxygen atoms in total. The summed E-state index contributed by atoms with van der Waals surface area (Å²) in [5, 5.41) is 2.59. The summed E-state index contributed by atoms with van der Waals surface area (Å²) in [6.07, 6.45) is 4.40. The minimum atomic E-state index is -0.403. The molecule has 0 bridgehead atoms. The van der Waals surface area contributed by atoms with Crippen molar-refractivity contribution in [2.75, 3.05) is 25.0 Å². The molecule has 2 fully saturated rings. The van der Waals surface area contributed by atoms with Crippen molar-refractivity contribution < 1.29 is 9.18 Å². The van der Waals surface area contributed by atoms with Crippen LogP contribution in [0.4, 0.5) is 10.1 Å². The number of benzene rings is 1. The quantitative estimate of drug-likeness (QED) is 0.619. The van der Waals surface area contributed by atoms with Crippen LogP contribution in [0.2, 0.25) is 0 Å². The van der Waals surface area contributed by atoms with Crippen LogP contribution in [0.5, 0.6) is 0 Å². The summed E-state index contributed by atoms with van der Waals surface area (Å²) < 4.78 is 14.8. The van der Waals surface area contributed by atoms with Crippen LogP contribution in [0.15, 0.2) is 35.3 Å². The second kappa shape index (κ2) is 8.55. The number of aryl methyl sites for hydroxylation is 1. The van der Waals surface area contributed by atoms with E-state index in [4.69, 9.17) is 0 Å². The van der Waals surface area contributed by atoms with Crippen molar-refractivity contribution in [2.45, 2.75) is 44.8 Å². The van der Waals surface area contributed by atoms with Crippen molar-refractivity contribution in [1.82, 2.24) is 25.2 Å².